The first kappa shape index (κ1) is 15.1. The minimum absolute atomic E-state index is 0.163. The van der Waals surface area contributed by atoms with Gasteiger partial charge in [-0.05, 0) is 12.1 Å². The van der Waals surface area contributed by atoms with Gasteiger partial charge in [-0.3, -0.25) is 9.27 Å². The summed E-state index contributed by atoms with van der Waals surface area (Å²) in [5.74, 6) is 0.763. The second-order valence-corrected chi connectivity index (χ2v) is 4.54. The fraction of sp³-hybridized carbons (Fsp3) is 0.200. The van der Waals surface area contributed by atoms with Gasteiger partial charge in [0.25, 0.3) is 0 Å². The lowest BCUT2D eigenvalue weighted by atomic mass is 9.88. The minimum atomic E-state index is -0.638. The molecular weight excluding hydrogens is 269 g/mol. The first-order chi connectivity index (χ1) is 10.1. The van der Waals surface area contributed by atoms with E-state index in [1.54, 1.807) is 54.0 Å². The molecule has 0 unspecified atom stereocenters. The molecule has 0 saturated carbocycles. The van der Waals surface area contributed by atoms with E-state index < -0.39 is 7.05 Å². The van der Waals surface area contributed by atoms with Crippen molar-refractivity contribution in [3.8, 4) is 11.5 Å². The van der Waals surface area contributed by atoms with Gasteiger partial charge in [-0.25, -0.2) is 0 Å². The van der Waals surface area contributed by atoms with Crippen LogP contribution in [-0.4, -0.2) is 32.1 Å². The number of ketones is 1. The topological polar surface area (TPSA) is 59.6 Å². The molecule has 2 aromatic rings. The van der Waals surface area contributed by atoms with Gasteiger partial charge in [-0.15, -0.1) is 0 Å². The summed E-state index contributed by atoms with van der Waals surface area (Å²) in [6.07, 6.45) is 3.31. The predicted molar refractivity (Wildman–Crippen MR) is 78.9 cm³/mol. The molecule has 0 aliphatic rings. The van der Waals surface area contributed by atoms with Crippen LogP contribution in [0.3, 0.4) is 0 Å². The van der Waals surface area contributed by atoms with Crippen molar-refractivity contribution >= 4 is 12.8 Å². The molecule has 0 saturated heterocycles. The lowest BCUT2D eigenvalue weighted by Crippen LogP contribution is -2.48. The van der Waals surface area contributed by atoms with Crippen molar-refractivity contribution < 1.29 is 23.8 Å². The molecule has 0 atom stereocenters. The van der Waals surface area contributed by atoms with Crippen molar-refractivity contribution in [3.05, 3.63) is 53.9 Å². The number of pyridine rings is 1. The number of ether oxygens (including phenoxy) is 2. The number of benzene rings is 1. The van der Waals surface area contributed by atoms with E-state index >= 15 is 0 Å². The Hall–Kier alpha value is -2.34. The maximum Gasteiger partial charge on any atom is 0.653 e. The van der Waals surface area contributed by atoms with Gasteiger partial charge in [0.15, 0.2) is 17.3 Å². The van der Waals surface area contributed by atoms with E-state index in [9.17, 15) is 9.82 Å². The molecule has 0 spiro atoms. The number of para-hydroxylation sites is 1. The Morgan fingerprint density at radius 2 is 1.81 bits per heavy atom. The maximum absolute atomic E-state index is 12.6. The molecule has 108 valence electrons. The molecule has 1 aromatic carbocycles. The molecule has 2 rings (SSSR count). The van der Waals surface area contributed by atoms with Crippen molar-refractivity contribution in [2.24, 2.45) is 0 Å². The third-order valence-corrected chi connectivity index (χ3v) is 3.19. The average molecular weight is 286 g/mol. The van der Waals surface area contributed by atoms with Crippen molar-refractivity contribution in [2.75, 3.05) is 14.2 Å². The van der Waals surface area contributed by atoms with Crippen LogP contribution in [0.2, 0.25) is 6.82 Å². The maximum atomic E-state index is 12.6. The Balaban J connectivity index is 2.40. The summed E-state index contributed by atoms with van der Waals surface area (Å²) in [4.78, 5) is 12.6. The Morgan fingerprint density at radius 3 is 2.33 bits per heavy atom. The molecule has 0 fully saturated rings. The number of nitrogens with zero attached hydrogens (tertiary/aromatic N) is 1. The summed E-state index contributed by atoms with van der Waals surface area (Å²) in [6, 6.07) is 8.50. The number of rotatable bonds is 5. The van der Waals surface area contributed by atoms with E-state index in [1.807, 2.05) is 0 Å². The van der Waals surface area contributed by atoms with Gasteiger partial charge in [-0.2, -0.15) is 0 Å². The Morgan fingerprint density at radius 1 is 1.14 bits per heavy atom. The fourth-order valence-corrected chi connectivity index (χ4v) is 2.06. The van der Waals surface area contributed by atoms with Gasteiger partial charge in [0.05, 0.1) is 19.8 Å². The fourth-order valence-electron chi connectivity index (χ4n) is 2.06. The molecule has 1 N–H and O–H groups in total. The molecule has 0 aliphatic heterocycles. The summed E-state index contributed by atoms with van der Waals surface area (Å²) >= 11 is 0. The van der Waals surface area contributed by atoms with E-state index in [1.165, 1.54) is 14.2 Å². The quantitative estimate of drug-likeness (QED) is 0.662. The van der Waals surface area contributed by atoms with Crippen LogP contribution < -0.4 is 14.0 Å². The van der Waals surface area contributed by atoms with Crippen LogP contribution >= 0.6 is 0 Å². The number of methoxy groups -OCH3 is 2. The van der Waals surface area contributed by atoms with Gasteiger partial charge < -0.3 is 14.5 Å². The average Bonchev–Trinajstić information content (AvgIpc) is 2.53. The van der Waals surface area contributed by atoms with Crippen LogP contribution in [0.4, 0.5) is 0 Å². The molecule has 0 aliphatic carbocycles. The summed E-state index contributed by atoms with van der Waals surface area (Å²) < 4.78 is 12.1. The monoisotopic (exact) mass is 286 g/mol. The van der Waals surface area contributed by atoms with Crippen LogP contribution in [0.1, 0.15) is 15.9 Å². The molecule has 1 aromatic heterocycles. The van der Waals surface area contributed by atoms with E-state index in [0.29, 0.717) is 22.6 Å². The van der Waals surface area contributed by atoms with E-state index in [4.69, 9.17) is 9.47 Å². The second kappa shape index (κ2) is 6.41. The number of hydrogen-bond acceptors (Lipinski definition) is 4. The van der Waals surface area contributed by atoms with Crippen molar-refractivity contribution in [1.29, 1.82) is 0 Å². The van der Waals surface area contributed by atoms with Gasteiger partial charge in [-0.1, -0.05) is 6.07 Å². The van der Waals surface area contributed by atoms with Crippen LogP contribution in [0, 0.1) is 0 Å². The molecule has 21 heavy (non-hydrogen) atoms. The summed E-state index contributed by atoms with van der Waals surface area (Å²) in [7, 11) is 2.39. The zero-order chi connectivity index (χ0) is 15.4. The van der Waals surface area contributed by atoms with Crippen LogP contribution in [0.25, 0.3) is 0 Å². The molecule has 5 nitrogen and oxygen atoms in total. The van der Waals surface area contributed by atoms with Gasteiger partial charge >= 0.3 is 7.05 Å². The number of aromatic nitrogens is 1. The van der Waals surface area contributed by atoms with E-state index in [-0.39, 0.29) is 5.78 Å². The smallest absolute Gasteiger partial charge is 0.493 e. The first-order valence-electron chi connectivity index (χ1n) is 6.53. The number of hydrogen-bond donors (Lipinski definition) is 1. The first-order valence-corrected chi connectivity index (χ1v) is 6.53. The molecule has 0 amide bonds. The highest BCUT2D eigenvalue weighted by Crippen LogP contribution is 2.31. The van der Waals surface area contributed by atoms with E-state index in [0.717, 1.165) is 0 Å². The summed E-state index contributed by atoms with van der Waals surface area (Å²) in [6.45, 7) is 1.65. The third kappa shape index (κ3) is 3.06. The van der Waals surface area contributed by atoms with E-state index in [2.05, 4.69) is 0 Å². The number of carbonyl (C=O) groups is 1. The van der Waals surface area contributed by atoms with Gasteiger partial charge in [0.1, 0.15) is 12.4 Å². The normalized spacial score (nSPS) is 10.1. The highest BCUT2D eigenvalue weighted by molar-refractivity contribution is 6.38. The zero-order valence-corrected chi connectivity index (χ0v) is 12.2. The van der Waals surface area contributed by atoms with Gasteiger partial charge in [0.2, 0.25) is 0 Å². The molecular formula is C15H17BNO4+. The molecule has 1 heterocycles. The molecule has 0 bridgehead atoms. The summed E-state index contributed by atoms with van der Waals surface area (Å²) in [5.41, 5.74) is 0.949. The van der Waals surface area contributed by atoms with Crippen molar-refractivity contribution in [3.63, 3.8) is 0 Å². The Kier molecular flexibility index (Phi) is 4.60. The zero-order valence-electron chi connectivity index (χ0n) is 12.2. The second-order valence-electron chi connectivity index (χ2n) is 4.54. The summed E-state index contributed by atoms with van der Waals surface area (Å²) in [5, 5.41) is 9.46. The largest absolute Gasteiger partial charge is 0.653 e. The number of carbonyl (C=O) groups excluding carboxylic acids is 1. The predicted octanol–water partition coefficient (Wildman–Crippen LogP) is 1.18. The standard InChI is InChI=1S/C15H17BNO4/c1-16(19)17-9-7-11(8-10-17)14(18)12-5-4-6-13(20-2)15(12)21-3/h4-10,19H,1-3H3/q+1. The minimum Gasteiger partial charge on any atom is -0.493 e. The highest BCUT2D eigenvalue weighted by atomic mass is 16.5. The third-order valence-electron chi connectivity index (χ3n) is 3.19. The van der Waals surface area contributed by atoms with Crippen molar-refractivity contribution in [1.82, 2.24) is 0 Å². The van der Waals surface area contributed by atoms with Gasteiger partial charge in [0, 0.05) is 24.5 Å². The van der Waals surface area contributed by atoms with Crippen molar-refractivity contribution in [2.45, 2.75) is 6.82 Å². The lowest BCUT2D eigenvalue weighted by Gasteiger charge is -2.11. The molecule has 0 radical (unpaired) electrons. The van der Waals surface area contributed by atoms with Crippen LogP contribution in [0.5, 0.6) is 11.5 Å². The highest BCUT2D eigenvalue weighted by Gasteiger charge is 2.21. The van der Waals surface area contributed by atoms with Crippen LogP contribution in [-0.2, 0) is 0 Å². The molecule has 6 heteroatoms. The lowest BCUT2D eigenvalue weighted by molar-refractivity contribution is -0.549. The van der Waals surface area contributed by atoms with Crippen LogP contribution in [0.15, 0.2) is 42.7 Å². The Labute approximate surface area is 123 Å². The SMILES string of the molecule is COc1cccc(C(=O)c2cc[n+](B(C)O)cc2)c1OC. The Bertz CT molecular complexity index is 641.